The van der Waals surface area contributed by atoms with E-state index in [4.69, 9.17) is 15.2 Å². The largest absolute Gasteiger partial charge is 0.464 e. The van der Waals surface area contributed by atoms with Crippen molar-refractivity contribution in [3.63, 3.8) is 0 Å². The van der Waals surface area contributed by atoms with Crippen LogP contribution in [0.1, 0.15) is 53.4 Å². The molecular formula is C34H44N8O9. The van der Waals surface area contributed by atoms with Gasteiger partial charge in [0.05, 0.1) is 37.6 Å². The van der Waals surface area contributed by atoms with E-state index in [1.165, 1.54) is 0 Å². The van der Waals surface area contributed by atoms with Crippen molar-refractivity contribution in [2.75, 3.05) is 36.9 Å². The third kappa shape index (κ3) is 13.3. The molecule has 6 N–H and O–H groups in total. The normalized spacial score (nSPS) is 15.6. The summed E-state index contributed by atoms with van der Waals surface area (Å²) in [6.07, 6.45) is -0.408. The Labute approximate surface area is 295 Å². The van der Waals surface area contributed by atoms with Gasteiger partial charge in [-0.1, -0.05) is 0 Å². The lowest BCUT2D eigenvalue weighted by molar-refractivity contribution is -0.151. The van der Waals surface area contributed by atoms with E-state index in [9.17, 15) is 33.6 Å². The lowest BCUT2D eigenvalue weighted by atomic mass is 9.98. The van der Waals surface area contributed by atoms with E-state index < -0.39 is 53.3 Å². The molecule has 0 saturated carbocycles. The van der Waals surface area contributed by atoms with Crippen molar-refractivity contribution in [1.29, 1.82) is 0 Å². The van der Waals surface area contributed by atoms with Crippen molar-refractivity contribution in [3.8, 4) is 0 Å². The molecule has 17 heteroatoms. The van der Waals surface area contributed by atoms with Gasteiger partial charge in [0.2, 0.25) is 29.5 Å². The van der Waals surface area contributed by atoms with E-state index >= 15 is 0 Å². The fourth-order valence-electron chi connectivity index (χ4n) is 4.81. The number of anilines is 2. The zero-order chi connectivity index (χ0) is 37.6. The van der Waals surface area contributed by atoms with Gasteiger partial charge in [-0.2, -0.15) is 10.2 Å². The van der Waals surface area contributed by atoms with Crippen molar-refractivity contribution in [2.45, 2.75) is 65.0 Å². The Hall–Kier alpha value is -5.71. The highest BCUT2D eigenvalue weighted by Gasteiger charge is 2.48. The topological polar surface area (TPSA) is 240 Å². The SMILES string of the molecule is CCOC(=O)C1CC(CCCC(=O)NCC(=O)NCC(=O)Nc2ccc(N=Nc3ccc(NC(=O)CN)cc3)cc2)C(=O)N1C(=O)OC(C)(C)C. The molecule has 0 spiro atoms. The average molecular weight is 709 g/mol. The van der Waals surface area contributed by atoms with Gasteiger partial charge in [0, 0.05) is 23.7 Å². The standard InChI is InChI=1S/C34H44N8O9/c1-5-50-32(48)26-17-21(31(47)42(26)33(49)51-34(2,3)4)7-6-8-27(43)36-19-29(45)37-20-30(46)39-23-11-15-25(16-12-23)41-40-24-13-9-22(10-14-24)38-28(44)18-35/h9-16,21,26H,5-8,17-20,35H2,1-4H3,(H,36,43)(H,37,45)(H,38,44)(H,39,46). The van der Waals surface area contributed by atoms with E-state index in [1.54, 1.807) is 76.2 Å². The van der Waals surface area contributed by atoms with Crippen molar-refractivity contribution in [3.05, 3.63) is 48.5 Å². The summed E-state index contributed by atoms with van der Waals surface area (Å²) in [5.74, 6) is -3.80. The number of hydrogen-bond donors (Lipinski definition) is 5. The van der Waals surface area contributed by atoms with E-state index in [0.29, 0.717) is 22.7 Å². The molecule has 2 aromatic carbocycles. The quantitative estimate of drug-likeness (QED) is 0.134. The minimum absolute atomic E-state index is 0.00915. The molecule has 2 aromatic rings. The number of esters is 1. The summed E-state index contributed by atoms with van der Waals surface area (Å²) >= 11 is 0. The van der Waals surface area contributed by atoms with Crippen LogP contribution in [0.5, 0.6) is 0 Å². The number of ether oxygens (including phenoxy) is 2. The van der Waals surface area contributed by atoms with Gasteiger partial charge in [0.15, 0.2) is 0 Å². The molecule has 1 aliphatic rings. The summed E-state index contributed by atoms with van der Waals surface area (Å²) in [4.78, 5) is 87.2. The number of nitrogens with one attached hydrogen (secondary N) is 4. The molecule has 2 atom stereocenters. The Kier molecular flexibility index (Phi) is 14.7. The van der Waals surface area contributed by atoms with Crippen molar-refractivity contribution in [2.24, 2.45) is 21.9 Å². The molecular weight excluding hydrogens is 664 g/mol. The van der Waals surface area contributed by atoms with Crippen molar-refractivity contribution >= 4 is 64.3 Å². The van der Waals surface area contributed by atoms with Gasteiger partial charge in [0.25, 0.3) is 0 Å². The van der Waals surface area contributed by atoms with Gasteiger partial charge in [-0.25, -0.2) is 14.5 Å². The smallest absolute Gasteiger partial charge is 0.417 e. The first-order valence-electron chi connectivity index (χ1n) is 16.4. The number of hydrogen-bond acceptors (Lipinski definition) is 12. The highest BCUT2D eigenvalue weighted by atomic mass is 16.6. The monoisotopic (exact) mass is 708 g/mol. The van der Waals surface area contributed by atoms with Gasteiger partial charge in [-0.15, -0.1) is 0 Å². The van der Waals surface area contributed by atoms with Gasteiger partial charge in [-0.05, 0) is 95.5 Å². The minimum Gasteiger partial charge on any atom is -0.464 e. The van der Waals surface area contributed by atoms with E-state index in [2.05, 4.69) is 31.5 Å². The van der Waals surface area contributed by atoms with E-state index in [1.807, 2.05) is 0 Å². The van der Waals surface area contributed by atoms with Gasteiger partial charge < -0.3 is 36.5 Å². The molecule has 274 valence electrons. The molecule has 0 aliphatic carbocycles. The van der Waals surface area contributed by atoms with Crippen LogP contribution in [0.3, 0.4) is 0 Å². The zero-order valence-corrected chi connectivity index (χ0v) is 29.0. The molecule has 17 nitrogen and oxygen atoms in total. The van der Waals surface area contributed by atoms with Crippen LogP contribution in [0.2, 0.25) is 0 Å². The number of carbonyl (C=O) groups is 7. The maximum Gasteiger partial charge on any atom is 0.417 e. The number of likely N-dealkylation sites (tertiary alicyclic amines) is 1. The zero-order valence-electron chi connectivity index (χ0n) is 29.0. The van der Waals surface area contributed by atoms with Crippen molar-refractivity contribution < 1.29 is 43.0 Å². The second kappa shape index (κ2) is 18.9. The molecule has 51 heavy (non-hydrogen) atoms. The average Bonchev–Trinajstić information content (AvgIpc) is 3.42. The highest BCUT2D eigenvalue weighted by Crippen LogP contribution is 2.31. The number of nitrogens with zero attached hydrogens (tertiary/aromatic N) is 3. The minimum atomic E-state index is -1.11. The third-order valence-electron chi connectivity index (χ3n) is 7.17. The molecule has 0 aromatic heterocycles. The Balaban J connectivity index is 1.36. The first-order chi connectivity index (χ1) is 24.2. The summed E-state index contributed by atoms with van der Waals surface area (Å²) in [6.45, 7) is 5.81. The Bertz CT molecular complexity index is 1600. The summed E-state index contributed by atoms with van der Waals surface area (Å²) in [5, 5.41) is 18.4. The van der Waals surface area contributed by atoms with Crippen LogP contribution >= 0.6 is 0 Å². The van der Waals surface area contributed by atoms with Crippen LogP contribution in [0.25, 0.3) is 0 Å². The van der Waals surface area contributed by atoms with Gasteiger partial charge in [0.1, 0.15) is 11.6 Å². The molecule has 0 bridgehead atoms. The Morgan fingerprint density at radius 1 is 0.824 bits per heavy atom. The fourth-order valence-corrected chi connectivity index (χ4v) is 4.81. The summed E-state index contributed by atoms with van der Waals surface area (Å²) in [6, 6.07) is 12.1. The van der Waals surface area contributed by atoms with Crippen LogP contribution < -0.4 is 27.0 Å². The fraction of sp³-hybridized carbons (Fsp3) is 0.441. The van der Waals surface area contributed by atoms with Crippen LogP contribution in [0.4, 0.5) is 27.5 Å². The van der Waals surface area contributed by atoms with Crippen LogP contribution in [-0.2, 0) is 38.2 Å². The Morgan fingerprint density at radius 2 is 1.35 bits per heavy atom. The Morgan fingerprint density at radius 3 is 1.88 bits per heavy atom. The predicted molar refractivity (Wildman–Crippen MR) is 185 cm³/mol. The van der Waals surface area contributed by atoms with E-state index in [-0.39, 0.29) is 57.8 Å². The summed E-state index contributed by atoms with van der Waals surface area (Å²) < 4.78 is 10.4. The molecule has 2 unspecified atom stereocenters. The molecule has 0 radical (unpaired) electrons. The number of benzene rings is 2. The maximum atomic E-state index is 13.0. The number of nitrogens with two attached hydrogens (primary N) is 1. The van der Waals surface area contributed by atoms with Crippen molar-refractivity contribution in [1.82, 2.24) is 15.5 Å². The van der Waals surface area contributed by atoms with Gasteiger partial charge >= 0.3 is 12.1 Å². The van der Waals surface area contributed by atoms with Gasteiger partial charge in [-0.3, -0.25) is 24.0 Å². The first kappa shape index (κ1) is 39.7. The number of amides is 6. The molecule has 1 aliphatic heterocycles. The van der Waals surface area contributed by atoms with E-state index in [0.717, 1.165) is 4.90 Å². The number of imide groups is 1. The first-order valence-corrected chi connectivity index (χ1v) is 16.4. The second-order valence-corrected chi connectivity index (χ2v) is 12.4. The van der Waals surface area contributed by atoms with Crippen LogP contribution in [0.15, 0.2) is 58.8 Å². The maximum absolute atomic E-state index is 13.0. The molecule has 1 saturated heterocycles. The number of rotatable bonds is 15. The highest BCUT2D eigenvalue weighted by molar-refractivity contribution is 6.01. The molecule has 6 amide bonds. The lowest BCUT2D eigenvalue weighted by Crippen LogP contribution is -2.46. The molecule has 1 fully saturated rings. The molecule has 1 heterocycles. The number of carbonyl (C=O) groups excluding carboxylic acids is 7. The second-order valence-electron chi connectivity index (χ2n) is 12.4. The molecule has 3 rings (SSSR count). The third-order valence-corrected chi connectivity index (χ3v) is 7.17. The number of azo groups is 1. The lowest BCUT2D eigenvalue weighted by Gasteiger charge is -2.26. The predicted octanol–water partition coefficient (Wildman–Crippen LogP) is 3.06. The van der Waals surface area contributed by atoms with Crippen LogP contribution in [-0.4, -0.2) is 84.4 Å². The van der Waals surface area contributed by atoms with Crippen LogP contribution in [0, 0.1) is 5.92 Å². The summed E-state index contributed by atoms with van der Waals surface area (Å²) in [7, 11) is 0. The summed E-state index contributed by atoms with van der Waals surface area (Å²) in [5.41, 5.74) is 6.53.